The van der Waals surface area contributed by atoms with Gasteiger partial charge in [-0.3, -0.25) is 4.98 Å². The van der Waals surface area contributed by atoms with E-state index in [1.54, 1.807) is 17.5 Å². The molecule has 2 aromatic heterocycles. The van der Waals surface area contributed by atoms with E-state index >= 15 is 0 Å². The molecule has 0 fully saturated rings. The molecule has 1 atom stereocenters. The number of likely N-dealkylation sites (N-methyl/N-ethyl adjacent to an activating group) is 1. The van der Waals surface area contributed by atoms with Crippen LogP contribution < -0.4 is 5.32 Å². The van der Waals surface area contributed by atoms with E-state index in [4.69, 9.17) is 4.98 Å². The van der Waals surface area contributed by atoms with E-state index in [1.165, 1.54) is 10.3 Å². The van der Waals surface area contributed by atoms with Crippen LogP contribution in [0.25, 0.3) is 10.2 Å². The predicted octanol–water partition coefficient (Wildman–Crippen LogP) is 3.19. The molecular weight excluding hydrogens is 254 g/mol. The zero-order valence-electron chi connectivity index (χ0n) is 10.7. The molecule has 3 rings (SSSR count). The third kappa shape index (κ3) is 2.64. The number of thiazole rings is 1. The Bertz CT molecular complexity index is 630. The van der Waals surface area contributed by atoms with Crippen LogP contribution in [0.4, 0.5) is 0 Å². The maximum absolute atomic E-state index is 4.72. The van der Waals surface area contributed by atoms with E-state index in [9.17, 15) is 0 Å². The molecule has 0 radical (unpaired) electrons. The lowest BCUT2D eigenvalue weighted by molar-refractivity contribution is 0.588. The lowest BCUT2D eigenvalue weighted by Gasteiger charge is -2.12. The Morgan fingerprint density at radius 2 is 2.11 bits per heavy atom. The summed E-state index contributed by atoms with van der Waals surface area (Å²) in [6.07, 6.45) is 4.62. The van der Waals surface area contributed by atoms with Crippen LogP contribution in [0.15, 0.2) is 48.8 Å². The third-order valence-corrected chi connectivity index (χ3v) is 4.27. The number of benzene rings is 1. The second-order valence-electron chi connectivity index (χ2n) is 4.43. The molecule has 0 bridgehead atoms. The summed E-state index contributed by atoms with van der Waals surface area (Å²) in [4.78, 5) is 8.88. The molecule has 1 unspecified atom stereocenters. The van der Waals surface area contributed by atoms with Gasteiger partial charge in [-0.1, -0.05) is 18.2 Å². The van der Waals surface area contributed by atoms with Crippen LogP contribution in [-0.2, 0) is 6.42 Å². The molecule has 96 valence electrons. The van der Waals surface area contributed by atoms with Crippen molar-refractivity contribution in [1.82, 2.24) is 15.3 Å². The zero-order chi connectivity index (χ0) is 13.1. The second kappa shape index (κ2) is 5.47. The van der Waals surface area contributed by atoms with Gasteiger partial charge in [0.05, 0.1) is 16.3 Å². The van der Waals surface area contributed by atoms with Gasteiger partial charge >= 0.3 is 0 Å². The van der Waals surface area contributed by atoms with Gasteiger partial charge in [-0.2, -0.15) is 0 Å². The Balaban J connectivity index is 1.89. The summed E-state index contributed by atoms with van der Waals surface area (Å²) in [7, 11) is 1.98. The fraction of sp³-hybridized carbons (Fsp3) is 0.200. The normalized spacial score (nSPS) is 12.7. The van der Waals surface area contributed by atoms with Crippen LogP contribution in [0.3, 0.4) is 0 Å². The van der Waals surface area contributed by atoms with E-state index in [0.717, 1.165) is 16.9 Å². The molecule has 0 aliphatic carbocycles. The summed E-state index contributed by atoms with van der Waals surface area (Å²) >= 11 is 1.76. The van der Waals surface area contributed by atoms with Crippen molar-refractivity contribution >= 4 is 21.6 Å². The van der Waals surface area contributed by atoms with Crippen LogP contribution >= 0.6 is 11.3 Å². The van der Waals surface area contributed by atoms with Crippen molar-refractivity contribution < 1.29 is 0 Å². The maximum atomic E-state index is 4.72. The molecule has 3 nitrogen and oxygen atoms in total. The summed E-state index contributed by atoms with van der Waals surface area (Å²) in [5, 5.41) is 4.48. The number of para-hydroxylation sites is 1. The molecule has 0 aliphatic rings. The summed E-state index contributed by atoms with van der Waals surface area (Å²) in [5.41, 5.74) is 2.30. The lowest BCUT2D eigenvalue weighted by Crippen LogP contribution is -2.18. The van der Waals surface area contributed by atoms with E-state index in [0.29, 0.717) is 0 Å². The Hall–Kier alpha value is -1.78. The van der Waals surface area contributed by atoms with E-state index < -0.39 is 0 Å². The minimum atomic E-state index is 0.238. The standard InChI is InChI=1S/C15H15N3S/c1-16-13(9-11-5-4-8-17-10-11)15-18-12-6-2-3-7-14(12)19-15/h2-8,10,13,16H,9H2,1H3. The third-order valence-electron chi connectivity index (χ3n) is 3.12. The zero-order valence-corrected chi connectivity index (χ0v) is 11.5. The highest BCUT2D eigenvalue weighted by atomic mass is 32.1. The minimum absolute atomic E-state index is 0.238. The van der Waals surface area contributed by atoms with Gasteiger partial charge in [0, 0.05) is 12.4 Å². The number of nitrogens with one attached hydrogen (secondary N) is 1. The largest absolute Gasteiger partial charge is 0.311 e. The molecule has 1 N–H and O–H groups in total. The number of pyridine rings is 1. The van der Waals surface area contributed by atoms with Crippen molar-refractivity contribution in [3.63, 3.8) is 0 Å². The van der Waals surface area contributed by atoms with Gasteiger partial charge in [0.25, 0.3) is 0 Å². The lowest BCUT2D eigenvalue weighted by atomic mass is 10.1. The molecule has 0 aliphatic heterocycles. The van der Waals surface area contributed by atoms with E-state index in [2.05, 4.69) is 34.6 Å². The monoisotopic (exact) mass is 269 g/mol. The first-order valence-corrected chi connectivity index (χ1v) is 7.10. The first-order valence-electron chi connectivity index (χ1n) is 6.28. The summed E-state index contributed by atoms with van der Waals surface area (Å²) in [5.74, 6) is 0. The average Bonchev–Trinajstić information content (AvgIpc) is 2.89. The van der Waals surface area contributed by atoms with Gasteiger partial charge in [0.15, 0.2) is 0 Å². The molecule has 1 aromatic carbocycles. The molecular formula is C15H15N3S. The number of rotatable bonds is 4. The molecule has 3 aromatic rings. The molecule has 19 heavy (non-hydrogen) atoms. The Morgan fingerprint density at radius 3 is 2.84 bits per heavy atom. The molecule has 2 heterocycles. The molecule has 0 amide bonds. The highest BCUT2D eigenvalue weighted by Gasteiger charge is 2.15. The van der Waals surface area contributed by atoms with Crippen molar-refractivity contribution in [1.29, 1.82) is 0 Å². The first-order chi connectivity index (χ1) is 9.36. The Labute approximate surface area is 116 Å². The van der Waals surface area contributed by atoms with Crippen molar-refractivity contribution in [3.05, 3.63) is 59.4 Å². The van der Waals surface area contributed by atoms with Gasteiger partial charge in [-0.05, 0) is 37.2 Å². The maximum Gasteiger partial charge on any atom is 0.111 e. The van der Waals surface area contributed by atoms with Crippen LogP contribution in [0.1, 0.15) is 16.6 Å². The van der Waals surface area contributed by atoms with Gasteiger partial charge in [0.2, 0.25) is 0 Å². The number of nitrogens with zero attached hydrogens (tertiary/aromatic N) is 2. The van der Waals surface area contributed by atoms with Gasteiger partial charge < -0.3 is 5.32 Å². The Kier molecular flexibility index (Phi) is 3.53. The fourth-order valence-electron chi connectivity index (χ4n) is 2.11. The number of fused-ring (bicyclic) bond motifs is 1. The average molecular weight is 269 g/mol. The topological polar surface area (TPSA) is 37.8 Å². The Morgan fingerprint density at radius 1 is 1.21 bits per heavy atom. The highest BCUT2D eigenvalue weighted by Crippen LogP contribution is 2.27. The van der Waals surface area contributed by atoms with Crippen molar-refractivity contribution in [2.75, 3.05) is 7.05 Å². The minimum Gasteiger partial charge on any atom is -0.311 e. The molecule has 0 spiro atoms. The number of aromatic nitrogens is 2. The fourth-order valence-corrected chi connectivity index (χ4v) is 3.18. The van der Waals surface area contributed by atoms with Crippen molar-refractivity contribution in [2.24, 2.45) is 0 Å². The number of hydrogen-bond acceptors (Lipinski definition) is 4. The highest BCUT2D eigenvalue weighted by molar-refractivity contribution is 7.18. The van der Waals surface area contributed by atoms with Gasteiger partial charge in [-0.15, -0.1) is 11.3 Å². The summed E-state index contributed by atoms with van der Waals surface area (Å²) in [6.45, 7) is 0. The van der Waals surface area contributed by atoms with Gasteiger partial charge in [-0.25, -0.2) is 4.98 Å². The van der Waals surface area contributed by atoms with Crippen LogP contribution in [0.5, 0.6) is 0 Å². The van der Waals surface area contributed by atoms with Gasteiger partial charge in [0.1, 0.15) is 5.01 Å². The SMILES string of the molecule is CNC(Cc1cccnc1)c1nc2ccccc2s1. The van der Waals surface area contributed by atoms with Crippen LogP contribution in [0, 0.1) is 0 Å². The van der Waals surface area contributed by atoms with Crippen LogP contribution in [-0.4, -0.2) is 17.0 Å². The van der Waals surface area contributed by atoms with Crippen molar-refractivity contribution in [2.45, 2.75) is 12.5 Å². The van der Waals surface area contributed by atoms with Crippen molar-refractivity contribution in [3.8, 4) is 0 Å². The molecule has 0 saturated carbocycles. The second-order valence-corrected chi connectivity index (χ2v) is 5.49. The summed E-state index contributed by atoms with van der Waals surface area (Å²) in [6, 6.07) is 12.6. The number of hydrogen-bond donors (Lipinski definition) is 1. The first kappa shape index (κ1) is 12.3. The molecule has 0 saturated heterocycles. The van der Waals surface area contributed by atoms with Crippen LogP contribution in [0.2, 0.25) is 0 Å². The quantitative estimate of drug-likeness (QED) is 0.790. The predicted molar refractivity (Wildman–Crippen MR) is 79.4 cm³/mol. The summed E-state index contributed by atoms with van der Waals surface area (Å²) < 4.78 is 1.24. The smallest absolute Gasteiger partial charge is 0.111 e. The molecule has 4 heteroatoms. The van der Waals surface area contributed by atoms with E-state index in [-0.39, 0.29) is 6.04 Å². The van der Waals surface area contributed by atoms with E-state index in [1.807, 2.05) is 25.4 Å².